The van der Waals surface area contributed by atoms with Crippen LogP contribution in [0, 0.1) is 0 Å². The minimum Gasteiger partial charge on any atom is -0.378 e. The lowest BCUT2D eigenvalue weighted by molar-refractivity contribution is -0.121. The van der Waals surface area contributed by atoms with Crippen molar-refractivity contribution >= 4 is 58.3 Å². The van der Waals surface area contributed by atoms with Crippen LogP contribution < -0.4 is 9.80 Å². The summed E-state index contributed by atoms with van der Waals surface area (Å²) in [5, 5.41) is 1.09. The molecule has 2 aromatic rings. The third-order valence-electron chi connectivity index (χ3n) is 4.25. The Hall–Kier alpha value is -2.56. The number of hydrogen-bond acceptors (Lipinski definition) is 4. The summed E-state index contributed by atoms with van der Waals surface area (Å²) in [4.78, 5) is 28.1. The van der Waals surface area contributed by atoms with Gasteiger partial charge in [-0.15, -0.1) is 0 Å². The van der Waals surface area contributed by atoms with Gasteiger partial charge >= 0.3 is 0 Å². The molecular weight excluding hydrogens is 407 g/mol. The Balaban J connectivity index is 1.98. The number of rotatable bonds is 8. The molecule has 2 aromatic carbocycles. The molecule has 0 amide bonds. The third kappa shape index (κ3) is 6.77. The van der Waals surface area contributed by atoms with Crippen molar-refractivity contribution in [2.24, 2.45) is 0 Å². The summed E-state index contributed by atoms with van der Waals surface area (Å²) < 4.78 is 0. The molecule has 4 nitrogen and oxygen atoms in total. The molecular formula is C23H24Cl2N2O2. The molecule has 0 aliphatic heterocycles. The number of carbonyl (C=O) groups excluding carboxylic acids is 2. The molecule has 29 heavy (non-hydrogen) atoms. The molecule has 0 atom stereocenters. The zero-order valence-corrected chi connectivity index (χ0v) is 18.5. The second-order valence-corrected chi connectivity index (χ2v) is 7.79. The first-order valence-corrected chi connectivity index (χ1v) is 9.78. The van der Waals surface area contributed by atoms with Gasteiger partial charge in [-0.3, -0.25) is 9.59 Å². The van der Waals surface area contributed by atoms with Gasteiger partial charge in [-0.25, -0.2) is 0 Å². The average molecular weight is 431 g/mol. The Labute approximate surface area is 182 Å². The topological polar surface area (TPSA) is 40.6 Å². The standard InChI is InChI=1S/C23H24Cl2N2O2/c1-26(2)18-9-5-16(22(24)13-18)7-11-20(28)15-21(29)12-8-17-6-10-19(27(3)4)14-23(17)25/h5-14H,15H2,1-4H3/b11-7+,12-8+. The summed E-state index contributed by atoms with van der Waals surface area (Å²) in [6, 6.07) is 11.1. The van der Waals surface area contributed by atoms with Crippen LogP contribution in [0.3, 0.4) is 0 Å². The number of ketones is 2. The van der Waals surface area contributed by atoms with Crippen LogP contribution in [0.25, 0.3) is 12.2 Å². The SMILES string of the molecule is CN(C)c1ccc(/C=C/C(=O)CC(=O)/C=C/c2ccc(N(C)C)cc2Cl)c(Cl)c1. The number of benzene rings is 2. The molecule has 0 aromatic heterocycles. The summed E-state index contributed by atoms with van der Waals surface area (Å²) in [6.07, 6.45) is 5.78. The van der Waals surface area contributed by atoms with Crippen molar-refractivity contribution in [3.05, 3.63) is 69.7 Å². The van der Waals surface area contributed by atoms with Gasteiger partial charge in [-0.05, 0) is 59.7 Å². The smallest absolute Gasteiger partial charge is 0.163 e. The van der Waals surface area contributed by atoms with Gasteiger partial charge in [-0.1, -0.05) is 35.3 Å². The molecule has 0 spiro atoms. The van der Waals surface area contributed by atoms with Crippen molar-refractivity contribution in [2.75, 3.05) is 38.0 Å². The quantitative estimate of drug-likeness (QED) is 0.416. The predicted octanol–water partition coefficient (Wildman–Crippen LogP) is 5.38. The van der Waals surface area contributed by atoms with Crippen LogP contribution in [0.5, 0.6) is 0 Å². The Morgan fingerprint density at radius 2 is 1.14 bits per heavy atom. The molecule has 6 heteroatoms. The highest BCUT2D eigenvalue weighted by molar-refractivity contribution is 6.33. The van der Waals surface area contributed by atoms with E-state index < -0.39 is 0 Å². The molecule has 0 fully saturated rings. The van der Waals surface area contributed by atoms with E-state index in [1.165, 1.54) is 12.2 Å². The minimum absolute atomic E-state index is 0.214. The molecule has 0 unspecified atom stereocenters. The highest BCUT2D eigenvalue weighted by Gasteiger charge is 2.06. The summed E-state index contributed by atoms with van der Waals surface area (Å²) >= 11 is 12.5. The molecule has 0 bridgehead atoms. The van der Waals surface area contributed by atoms with E-state index in [4.69, 9.17) is 23.2 Å². The van der Waals surface area contributed by atoms with E-state index in [2.05, 4.69) is 0 Å². The summed E-state index contributed by atoms with van der Waals surface area (Å²) in [5.74, 6) is -0.581. The third-order valence-corrected chi connectivity index (χ3v) is 4.90. The number of halogens is 2. The minimum atomic E-state index is -0.290. The molecule has 0 saturated carbocycles. The Kier molecular flexibility index (Phi) is 8.06. The Bertz CT molecular complexity index is 886. The Morgan fingerprint density at radius 3 is 1.45 bits per heavy atom. The Morgan fingerprint density at radius 1 is 0.759 bits per heavy atom. The number of allylic oxidation sites excluding steroid dienone is 2. The van der Waals surface area contributed by atoms with Crippen LogP contribution in [0.1, 0.15) is 17.5 Å². The van der Waals surface area contributed by atoms with Crippen molar-refractivity contribution in [1.82, 2.24) is 0 Å². The van der Waals surface area contributed by atoms with Gasteiger partial charge < -0.3 is 9.80 Å². The normalized spacial score (nSPS) is 11.2. The van der Waals surface area contributed by atoms with Crippen LogP contribution in [0.4, 0.5) is 11.4 Å². The number of hydrogen-bond donors (Lipinski definition) is 0. The van der Waals surface area contributed by atoms with Crippen molar-refractivity contribution in [3.63, 3.8) is 0 Å². The van der Waals surface area contributed by atoms with E-state index in [9.17, 15) is 9.59 Å². The van der Waals surface area contributed by atoms with Crippen LogP contribution in [-0.2, 0) is 9.59 Å². The first-order chi connectivity index (χ1) is 13.7. The van der Waals surface area contributed by atoms with Gasteiger partial charge in [0.15, 0.2) is 11.6 Å². The first kappa shape index (κ1) is 22.7. The highest BCUT2D eigenvalue weighted by Crippen LogP contribution is 2.24. The molecule has 0 aliphatic rings. The van der Waals surface area contributed by atoms with Gasteiger partial charge in [-0.2, -0.15) is 0 Å². The molecule has 2 rings (SSSR count). The second-order valence-electron chi connectivity index (χ2n) is 6.98. The zero-order chi connectivity index (χ0) is 21.6. The van der Waals surface area contributed by atoms with Crippen LogP contribution >= 0.6 is 23.2 Å². The average Bonchev–Trinajstić information content (AvgIpc) is 2.65. The van der Waals surface area contributed by atoms with Crippen molar-refractivity contribution in [2.45, 2.75) is 6.42 Å². The molecule has 0 radical (unpaired) electrons. The molecule has 0 saturated heterocycles. The van der Waals surface area contributed by atoms with Gasteiger partial charge in [0, 0.05) is 49.6 Å². The fourth-order valence-electron chi connectivity index (χ4n) is 2.51. The maximum atomic E-state index is 12.1. The number of nitrogens with zero attached hydrogens (tertiary/aromatic N) is 2. The van der Waals surface area contributed by atoms with Crippen molar-refractivity contribution < 1.29 is 9.59 Å². The van der Waals surface area contributed by atoms with Crippen LogP contribution in [0.15, 0.2) is 48.6 Å². The van der Waals surface area contributed by atoms with Gasteiger partial charge in [0.1, 0.15) is 0 Å². The fraction of sp³-hybridized carbons (Fsp3) is 0.217. The van der Waals surface area contributed by atoms with E-state index in [1.54, 1.807) is 12.2 Å². The summed E-state index contributed by atoms with van der Waals surface area (Å²) in [5.41, 5.74) is 3.38. The number of anilines is 2. The van der Waals surface area contributed by atoms with Crippen LogP contribution in [0.2, 0.25) is 10.0 Å². The highest BCUT2D eigenvalue weighted by atomic mass is 35.5. The molecule has 0 aliphatic carbocycles. The summed E-state index contributed by atoms with van der Waals surface area (Å²) in [7, 11) is 7.70. The lowest BCUT2D eigenvalue weighted by Gasteiger charge is -2.13. The maximum absolute atomic E-state index is 12.1. The zero-order valence-electron chi connectivity index (χ0n) is 16.9. The van der Waals surface area contributed by atoms with Gasteiger partial charge in [0.25, 0.3) is 0 Å². The summed E-state index contributed by atoms with van der Waals surface area (Å²) in [6.45, 7) is 0. The second kappa shape index (κ2) is 10.3. The van der Waals surface area contributed by atoms with Crippen molar-refractivity contribution in [1.29, 1.82) is 0 Å². The predicted molar refractivity (Wildman–Crippen MR) is 124 cm³/mol. The number of carbonyl (C=O) groups is 2. The van der Waals surface area contributed by atoms with Crippen LogP contribution in [-0.4, -0.2) is 39.8 Å². The van der Waals surface area contributed by atoms with E-state index in [0.29, 0.717) is 10.0 Å². The largest absolute Gasteiger partial charge is 0.378 e. The van der Waals surface area contributed by atoms with Crippen molar-refractivity contribution in [3.8, 4) is 0 Å². The van der Waals surface area contributed by atoms with E-state index in [1.807, 2.05) is 74.4 Å². The lowest BCUT2D eigenvalue weighted by atomic mass is 10.1. The monoisotopic (exact) mass is 430 g/mol. The fourth-order valence-corrected chi connectivity index (χ4v) is 2.99. The van der Waals surface area contributed by atoms with Gasteiger partial charge in [0.05, 0.1) is 6.42 Å². The molecule has 0 heterocycles. The van der Waals surface area contributed by atoms with E-state index >= 15 is 0 Å². The van der Waals surface area contributed by atoms with E-state index in [0.717, 1.165) is 22.5 Å². The van der Waals surface area contributed by atoms with E-state index in [-0.39, 0.29) is 18.0 Å². The molecule has 0 N–H and O–H groups in total. The first-order valence-electron chi connectivity index (χ1n) is 9.03. The lowest BCUT2D eigenvalue weighted by Crippen LogP contribution is -2.08. The molecule has 152 valence electrons. The van der Waals surface area contributed by atoms with Gasteiger partial charge in [0.2, 0.25) is 0 Å². The maximum Gasteiger partial charge on any atom is 0.163 e.